The van der Waals surface area contributed by atoms with Crippen LogP contribution in [0, 0.1) is 6.92 Å². The predicted octanol–water partition coefficient (Wildman–Crippen LogP) is 0.552. The van der Waals surface area contributed by atoms with Crippen LogP contribution in [0.5, 0.6) is 0 Å². The lowest BCUT2D eigenvalue weighted by Crippen LogP contribution is -2.38. The quantitative estimate of drug-likeness (QED) is 0.500. The maximum Gasteiger partial charge on any atom is 0.250 e. The highest BCUT2D eigenvalue weighted by molar-refractivity contribution is 7.10. The van der Waals surface area contributed by atoms with Crippen molar-refractivity contribution in [3.05, 3.63) is 35.5 Å². The Bertz CT molecular complexity index is 731. The molecule has 0 aliphatic rings. The molecule has 2 rings (SSSR count). The number of hydrogen-bond donors (Lipinski definition) is 5. The molecule has 122 valence electrons. The SMILES string of the molecule is Cc1cc(Nc2cc(NC(CO)C(N)=O)ccc2C(N)=O)sn1. The summed E-state index contributed by atoms with van der Waals surface area (Å²) in [5, 5.41) is 15.8. The first-order valence-electron chi connectivity index (χ1n) is 6.71. The van der Waals surface area contributed by atoms with Crippen molar-refractivity contribution in [2.24, 2.45) is 11.5 Å². The van der Waals surface area contributed by atoms with Crippen LogP contribution in [0.2, 0.25) is 0 Å². The fourth-order valence-corrected chi connectivity index (χ4v) is 2.59. The third-order valence-electron chi connectivity index (χ3n) is 3.04. The van der Waals surface area contributed by atoms with Gasteiger partial charge in [0.05, 0.1) is 23.6 Å². The van der Waals surface area contributed by atoms with Crippen LogP contribution in [0.4, 0.5) is 16.4 Å². The lowest BCUT2D eigenvalue weighted by Gasteiger charge is -2.16. The zero-order valence-corrected chi connectivity index (χ0v) is 13.2. The van der Waals surface area contributed by atoms with Crippen LogP contribution >= 0.6 is 11.5 Å². The number of rotatable bonds is 7. The molecule has 1 heterocycles. The number of nitrogens with one attached hydrogen (secondary N) is 2. The Hall–Kier alpha value is -2.65. The van der Waals surface area contributed by atoms with Crippen molar-refractivity contribution in [2.45, 2.75) is 13.0 Å². The molecule has 1 aromatic carbocycles. The number of aromatic nitrogens is 1. The van der Waals surface area contributed by atoms with Crippen LogP contribution in [-0.2, 0) is 4.79 Å². The van der Waals surface area contributed by atoms with Crippen molar-refractivity contribution in [3.8, 4) is 0 Å². The Morgan fingerprint density at radius 3 is 2.61 bits per heavy atom. The number of hydrogen-bond acceptors (Lipinski definition) is 7. The number of nitrogens with zero attached hydrogens (tertiary/aromatic N) is 1. The van der Waals surface area contributed by atoms with E-state index in [-0.39, 0.29) is 0 Å². The van der Waals surface area contributed by atoms with E-state index in [1.54, 1.807) is 12.1 Å². The van der Waals surface area contributed by atoms with Crippen LogP contribution in [0.3, 0.4) is 0 Å². The molecule has 23 heavy (non-hydrogen) atoms. The minimum absolute atomic E-state index is 0.293. The minimum atomic E-state index is -0.923. The van der Waals surface area contributed by atoms with E-state index in [9.17, 15) is 9.59 Å². The maximum atomic E-state index is 11.6. The van der Waals surface area contributed by atoms with Crippen molar-refractivity contribution >= 4 is 39.7 Å². The van der Waals surface area contributed by atoms with Crippen molar-refractivity contribution < 1.29 is 14.7 Å². The largest absolute Gasteiger partial charge is 0.394 e. The van der Waals surface area contributed by atoms with Gasteiger partial charge in [-0.05, 0) is 42.7 Å². The predicted molar refractivity (Wildman–Crippen MR) is 88.8 cm³/mol. The molecule has 0 saturated heterocycles. The summed E-state index contributed by atoms with van der Waals surface area (Å²) in [5.41, 5.74) is 12.7. The van der Waals surface area contributed by atoms with Gasteiger partial charge in [0.2, 0.25) is 5.91 Å². The van der Waals surface area contributed by atoms with E-state index in [1.165, 1.54) is 17.6 Å². The number of benzene rings is 1. The summed E-state index contributed by atoms with van der Waals surface area (Å²) in [4.78, 5) is 22.7. The third-order valence-corrected chi connectivity index (χ3v) is 3.83. The zero-order valence-electron chi connectivity index (χ0n) is 12.4. The summed E-state index contributed by atoms with van der Waals surface area (Å²) >= 11 is 1.25. The second-order valence-electron chi connectivity index (χ2n) is 4.86. The highest BCUT2D eigenvalue weighted by Crippen LogP contribution is 2.27. The summed E-state index contributed by atoms with van der Waals surface area (Å²) in [7, 11) is 0. The second-order valence-corrected chi connectivity index (χ2v) is 5.67. The monoisotopic (exact) mass is 335 g/mol. The van der Waals surface area contributed by atoms with Gasteiger partial charge in [-0.25, -0.2) is 0 Å². The topological polar surface area (TPSA) is 143 Å². The zero-order chi connectivity index (χ0) is 17.0. The van der Waals surface area contributed by atoms with Crippen molar-refractivity contribution in [1.82, 2.24) is 4.37 Å². The highest BCUT2D eigenvalue weighted by atomic mass is 32.1. The van der Waals surface area contributed by atoms with Crippen molar-refractivity contribution in [2.75, 3.05) is 17.2 Å². The number of nitrogens with two attached hydrogens (primary N) is 2. The molecule has 1 aromatic heterocycles. The molecule has 1 unspecified atom stereocenters. The normalized spacial score (nSPS) is 11.7. The number of carbonyl (C=O) groups excluding carboxylic acids is 2. The van der Waals surface area contributed by atoms with Gasteiger partial charge in [-0.1, -0.05) is 0 Å². The van der Waals surface area contributed by atoms with E-state index in [0.29, 0.717) is 16.9 Å². The van der Waals surface area contributed by atoms with Gasteiger partial charge in [-0.15, -0.1) is 0 Å². The molecule has 0 aliphatic heterocycles. The van der Waals surface area contributed by atoms with E-state index in [2.05, 4.69) is 15.0 Å². The molecule has 1 atom stereocenters. The van der Waals surface area contributed by atoms with Crippen LogP contribution in [-0.4, -0.2) is 33.9 Å². The van der Waals surface area contributed by atoms with Crippen LogP contribution < -0.4 is 22.1 Å². The van der Waals surface area contributed by atoms with Crippen LogP contribution in [0.25, 0.3) is 0 Å². The van der Waals surface area contributed by atoms with E-state index in [4.69, 9.17) is 16.6 Å². The van der Waals surface area contributed by atoms with Crippen molar-refractivity contribution in [3.63, 3.8) is 0 Å². The molecule has 0 saturated carbocycles. The number of primary amides is 2. The van der Waals surface area contributed by atoms with Gasteiger partial charge in [-0.3, -0.25) is 9.59 Å². The molecular formula is C14H17N5O3S. The minimum Gasteiger partial charge on any atom is -0.394 e. The number of aliphatic hydroxyl groups is 1. The number of anilines is 3. The molecule has 9 heteroatoms. The average Bonchev–Trinajstić information content (AvgIpc) is 2.89. The maximum absolute atomic E-state index is 11.6. The fraction of sp³-hybridized carbons (Fsp3) is 0.214. The van der Waals surface area contributed by atoms with Crippen molar-refractivity contribution in [1.29, 1.82) is 0 Å². The van der Waals surface area contributed by atoms with Gasteiger partial charge in [0, 0.05) is 5.69 Å². The summed E-state index contributed by atoms with van der Waals surface area (Å²) < 4.78 is 4.15. The summed E-state index contributed by atoms with van der Waals surface area (Å²) in [6.07, 6.45) is 0. The molecule has 0 spiro atoms. The number of carbonyl (C=O) groups is 2. The Morgan fingerprint density at radius 1 is 1.35 bits per heavy atom. The molecule has 0 fully saturated rings. The number of aryl methyl sites for hydroxylation is 1. The Morgan fingerprint density at radius 2 is 2.09 bits per heavy atom. The van der Waals surface area contributed by atoms with Gasteiger partial charge < -0.3 is 27.2 Å². The Kier molecular flexibility index (Phi) is 5.14. The first-order valence-corrected chi connectivity index (χ1v) is 7.49. The smallest absolute Gasteiger partial charge is 0.250 e. The van der Waals surface area contributed by atoms with E-state index >= 15 is 0 Å². The molecule has 2 amide bonds. The molecule has 8 nitrogen and oxygen atoms in total. The van der Waals surface area contributed by atoms with Gasteiger partial charge in [0.1, 0.15) is 11.0 Å². The molecule has 0 aliphatic carbocycles. The standard InChI is InChI=1S/C14H17N5O3S/c1-7-4-12(23-19-7)18-10-5-8(2-3-9(10)13(15)21)17-11(6-20)14(16)22/h2-5,11,17-18,20H,6H2,1H3,(H2,15,21)(H2,16,22). The Balaban J connectivity index is 2.31. The Labute approximate surface area is 136 Å². The van der Waals surface area contributed by atoms with E-state index in [1.807, 2.05) is 13.0 Å². The van der Waals surface area contributed by atoms with Gasteiger partial charge in [0.15, 0.2) is 0 Å². The lowest BCUT2D eigenvalue weighted by atomic mass is 10.1. The lowest BCUT2D eigenvalue weighted by molar-refractivity contribution is -0.119. The highest BCUT2D eigenvalue weighted by Gasteiger charge is 2.16. The van der Waals surface area contributed by atoms with E-state index in [0.717, 1.165) is 10.7 Å². The average molecular weight is 335 g/mol. The third kappa shape index (κ3) is 4.18. The summed E-state index contributed by atoms with van der Waals surface area (Å²) in [6.45, 7) is 1.41. The van der Waals surface area contributed by atoms with E-state index < -0.39 is 24.5 Å². The first-order chi connectivity index (χ1) is 10.9. The van der Waals surface area contributed by atoms with Crippen LogP contribution in [0.15, 0.2) is 24.3 Å². The van der Waals surface area contributed by atoms with Crippen LogP contribution in [0.1, 0.15) is 16.1 Å². The summed E-state index contributed by atoms with van der Waals surface area (Å²) in [6, 6.07) is 5.62. The fourth-order valence-electron chi connectivity index (χ4n) is 1.92. The van der Waals surface area contributed by atoms with Gasteiger partial charge >= 0.3 is 0 Å². The molecular weight excluding hydrogens is 318 g/mol. The van der Waals surface area contributed by atoms with Gasteiger partial charge in [0.25, 0.3) is 5.91 Å². The molecule has 0 bridgehead atoms. The van der Waals surface area contributed by atoms with Gasteiger partial charge in [-0.2, -0.15) is 4.37 Å². The number of amides is 2. The summed E-state index contributed by atoms with van der Waals surface area (Å²) in [5.74, 6) is -1.27. The molecule has 0 radical (unpaired) electrons. The molecule has 7 N–H and O–H groups in total. The first kappa shape index (κ1) is 16.7. The second kappa shape index (κ2) is 7.07. The number of aliphatic hydroxyl groups excluding tert-OH is 1. The molecule has 2 aromatic rings.